The molecule has 0 radical (unpaired) electrons. The molecule has 1 aromatic heterocycles. The van der Waals surface area contributed by atoms with Crippen LogP contribution >= 0.6 is 0 Å². The van der Waals surface area contributed by atoms with Crippen LogP contribution in [0, 0.1) is 12.8 Å². The van der Waals surface area contributed by atoms with E-state index < -0.39 is 6.10 Å². The second-order valence-electron chi connectivity index (χ2n) is 3.93. The minimum atomic E-state index is -0.431. The molecule has 3 nitrogen and oxygen atoms in total. The van der Waals surface area contributed by atoms with Crippen molar-refractivity contribution >= 4 is 0 Å². The van der Waals surface area contributed by atoms with Crippen molar-refractivity contribution in [3.8, 4) is 0 Å². The third-order valence-electron chi connectivity index (χ3n) is 2.31. The van der Waals surface area contributed by atoms with E-state index in [9.17, 15) is 5.11 Å². The van der Waals surface area contributed by atoms with Crippen LogP contribution < -0.4 is 0 Å². The molecule has 3 heteroatoms. The Bertz CT molecular complexity index is 310. The summed E-state index contributed by atoms with van der Waals surface area (Å²) in [6.07, 6.45) is 0.381. The molecule has 1 aromatic rings. The lowest BCUT2D eigenvalue weighted by molar-refractivity contribution is 0.125. The normalized spacial score (nSPS) is 13.3. The van der Waals surface area contributed by atoms with Crippen molar-refractivity contribution in [2.75, 3.05) is 0 Å². The second kappa shape index (κ2) is 4.51. The van der Waals surface area contributed by atoms with Crippen molar-refractivity contribution in [2.45, 2.75) is 40.2 Å². The predicted molar refractivity (Wildman–Crippen MR) is 55.9 cm³/mol. The zero-order valence-corrected chi connectivity index (χ0v) is 9.28. The Balaban J connectivity index is 3.10. The largest absolute Gasteiger partial charge is 0.388 e. The molecule has 14 heavy (non-hydrogen) atoms. The third kappa shape index (κ3) is 2.29. The van der Waals surface area contributed by atoms with Crippen molar-refractivity contribution < 1.29 is 5.11 Å². The molecule has 1 unspecified atom stereocenters. The maximum atomic E-state index is 9.97. The number of aliphatic hydroxyl groups excluding tert-OH is 1. The van der Waals surface area contributed by atoms with Crippen molar-refractivity contribution in [1.82, 2.24) is 10.2 Å². The van der Waals surface area contributed by atoms with Crippen LogP contribution in [0.4, 0.5) is 0 Å². The summed E-state index contributed by atoms with van der Waals surface area (Å²) in [6, 6.07) is 1.93. The summed E-state index contributed by atoms with van der Waals surface area (Å²) in [5, 5.41) is 18.0. The zero-order chi connectivity index (χ0) is 10.7. The van der Waals surface area contributed by atoms with Crippen molar-refractivity contribution in [1.29, 1.82) is 0 Å². The Kier molecular flexibility index (Phi) is 3.58. The van der Waals surface area contributed by atoms with Gasteiger partial charge in [-0.05, 0) is 25.3 Å². The summed E-state index contributed by atoms with van der Waals surface area (Å²) in [5.74, 6) is 0.212. The van der Waals surface area contributed by atoms with Crippen LogP contribution in [-0.2, 0) is 6.42 Å². The maximum absolute atomic E-state index is 9.97. The van der Waals surface area contributed by atoms with E-state index >= 15 is 0 Å². The number of nitrogens with zero attached hydrogens (tertiary/aromatic N) is 2. The van der Waals surface area contributed by atoms with Gasteiger partial charge in [0.2, 0.25) is 0 Å². The first kappa shape index (κ1) is 11.1. The van der Waals surface area contributed by atoms with Gasteiger partial charge in [-0.15, -0.1) is 0 Å². The molecule has 0 fully saturated rings. The molecule has 0 aliphatic carbocycles. The van der Waals surface area contributed by atoms with Crippen LogP contribution in [0.15, 0.2) is 6.07 Å². The zero-order valence-electron chi connectivity index (χ0n) is 9.28. The molecule has 1 heterocycles. The smallest absolute Gasteiger partial charge is 0.0831 e. The van der Waals surface area contributed by atoms with Gasteiger partial charge in [0.05, 0.1) is 17.5 Å². The predicted octanol–water partition coefficient (Wildman–Crippen LogP) is 2.04. The molecule has 0 saturated heterocycles. The fourth-order valence-corrected chi connectivity index (χ4v) is 1.42. The fraction of sp³-hybridized carbons (Fsp3) is 0.636. The molecule has 0 bridgehead atoms. The molecule has 0 saturated carbocycles. The molecule has 0 aliphatic rings. The topological polar surface area (TPSA) is 46.0 Å². The average molecular weight is 194 g/mol. The number of hydrogen-bond donors (Lipinski definition) is 1. The quantitative estimate of drug-likeness (QED) is 0.801. The number of aryl methyl sites for hydroxylation is 2. The first-order valence-corrected chi connectivity index (χ1v) is 5.07. The SMILES string of the molecule is CCc1nnc(C)cc1C(O)C(C)C. The molecule has 1 rings (SSSR count). The Morgan fingerprint density at radius 1 is 1.36 bits per heavy atom. The molecule has 1 N–H and O–H groups in total. The third-order valence-corrected chi connectivity index (χ3v) is 2.31. The Labute approximate surface area is 85.2 Å². The van der Waals surface area contributed by atoms with Gasteiger partial charge in [0.15, 0.2) is 0 Å². The van der Waals surface area contributed by atoms with E-state index in [2.05, 4.69) is 10.2 Å². The molecule has 78 valence electrons. The molecule has 0 aliphatic heterocycles. The van der Waals surface area contributed by atoms with Crippen molar-refractivity contribution in [3.63, 3.8) is 0 Å². The lowest BCUT2D eigenvalue weighted by Crippen LogP contribution is -2.11. The lowest BCUT2D eigenvalue weighted by atomic mass is 9.97. The van der Waals surface area contributed by atoms with Crippen LogP contribution in [-0.4, -0.2) is 15.3 Å². The van der Waals surface area contributed by atoms with E-state index in [4.69, 9.17) is 0 Å². The Morgan fingerprint density at radius 2 is 2.00 bits per heavy atom. The van der Waals surface area contributed by atoms with E-state index in [1.807, 2.05) is 33.8 Å². The van der Waals surface area contributed by atoms with Gasteiger partial charge >= 0.3 is 0 Å². The molecule has 0 spiro atoms. The maximum Gasteiger partial charge on any atom is 0.0831 e. The lowest BCUT2D eigenvalue weighted by Gasteiger charge is -2.17. The van der Waals surface area contributed by atoms with Gasteiger partial charge < -0.3 is 5.11 Å². The standard InChI is InChI=1S/C11H18N2O/c1-5-10-9(11(14)7(2)3)6-8(4)12-13-10/h6-7,11,14H,5H2,1-4H3. The number of hydrogen-bond acceptors (Lipinski definition) is 3. The van der Waals surface area contributed by atoms with Gasteiger partial charge in [-0.1, -0.05) is 20.8 Å². The summed E-state index contributed by atoms with van der Waals surface area (Å²) < 4.78 is 0. The minimum absolute atomic E-state index is 0.212. The first-order chi connectivity index (χ1) is 6.56. The van der Waals surface area contributed by atoms with Crippen molar-refractivity contribution in [2.24, 2.45) is 5.92 Å². The van der Waals surface area contributed by atoms with Crippen LogP contribution in [0.25, 0.3) is 0 Å². The molecule has 1 atom stereocenters. The number of aromatic nitrogens is 2. The molecule has 0 aromatic carbocycles. The summed E-state index contributed by atoms with van der Waals surface area (Å²) >= 11 is 0. The highest BCUT2D eigenvalue weighted by atomic mass is 16.3. The van der Waals surface area contributed by atoms with E-state index in [-0.39, 0.29) is 5.92 Å². The summed E-state index contributed by atoms with van der Waals surface area (Å²) in [7, 11) is 0. The number of aliphatic hydroxyl groups is 1. The summed E-state index contributed by atoms with van der Waals surface area (Å²) in [5.41, 5.74) is 2.68. The van der Waals surface area contributed by atoms with E-state index in [1.165, 1.54) is 0 Å². The van der Waals surface area contributed by atoms with Crippen LogP contribution in [0.2, 0.25) is 0 Å². The van der Waals surface area contributed by atoms with E-state index in [0.29, 0.717) is 0 Å². The second-order valence-corrected chi connectivity index (χ2v) is 3.93. The van der Waals surface area contributed by atoms with Gasteiger partial charge in [-0.25, -0.2) is 0 Å². The highest BCUT2D eigenvalue weighted by Gasteiger charge is 2.16. The average Bonchev–Trinajstić information content (AvgIpc) is 2.16. The van der Waals surface area contributed by atoms with E-state index in [1.54, 1.807) is 0 Å². The summed E-state index contributed by atoms with van der Waals surface area (Å²) in [6.45, 7) is 7.92. The monoisotopic (exact) mass is 194 g/mol. The van der Waals surface area contributed by atoms with Gasteiger partial charge in [0, 0.05) is 5.56 Å². The van der Waals surface area contributed by atoms with Gasteiger partial charge in [0.1, 0.15) is 0 Å². The first-order valence-electron chi connectivity index (χ1n) is 5.07. The Morgan fingerprint density at radius 3 is 2.50 bits per heavy atom. The molecule has 0 amide bonds. The highest BCUT2D eigenvalue weighted by molar-refractivity contribution is 5.23. The van der Waals surface area contributed by atoms with Gasteiger partial charge in [-0.3, -0.25) is 0 Å². The van der Waals surface area contributed by atoms with E-state index in [0.717, 1.165) is 23.4 Å². The van der Waals surface area contributed by atoms with Gasteiger partial charge in [-0.2, -0.15) is 10.2 Å². The number of rotatable bonds is 3. The fourth-order valence-electron chi connectivity index (χ4n) is 1.42. The minimum Gasteiger partial charge on any atom is -0.388 e. The highest BCUT2D eigenvalue weighted by Crippen LogP contribution is 2.23. The molecular weight excluding hydrogens is 176 g/mol. The van der Waals surface area contributed by atoms with Crippen LogP contribution in [0.5, 0.6) is 0 Å². The molecular formula is C11H18N2O. The van der Waals surface area contributed by atoms with Gasteiger partial charge in [0.25, 0.3) is 0 Å². The van der Waals surface area contributed by atoms with Crippen LogP contribution in [0.1, 0.15) is 43.8 Å². The van der Waals surface area contributed by atoms with Crippen LogP contribution in [0.3, 0.4) is 0 Å². The Hall–Kier alpha value is -0.960. The van der Waals surface area contributed by atoms with Crippen molar-refractivity contribution in [3.05, 3.63) is 23.0 Å². The summed E-state index contributed by atoms with van der Waals surface area (Å²) in [4.78, 5) is 0.